The smallest absolute Gasteiger partial charge is 0.261 e. The van der Waals surface area contributed by atoms with Crippen LogP contribution in [0.25, 0.3) is 0 Å². The standard InChI is InChI=1S/C17H19NO3/c19-15(12-6-2-1-3-7-12)10-11-18-16(20)13-8-4-5-9-14(13)17(18)21/h4-5,8-9,12H,1-3,6-7,10-11H2. The van der Waals surface area contributed by atoms with Crippen molar-refractivity contribution in [3.8, 4) is 0 Å². The molecule has 0 atom stereocenters. The number of carbonyl (C=O) groups is 3. The first kappa shape index (κ1) is 14.0. The molecule has 4 heteroatoms. The zero-order valence-electron chi connectivity index (χ0n) is 12.0. The van der Waals surface area contributed by atoms with E-state index in [0.29, 0.717) is 11.1 Å². The van der Waals surface area contributed by atoms with Crippen LogP contribution in [0.2, 0.25) is 0 Å². The Morgan fingerprint density at radius 3 is 2.14 bits per heavy atom. The van der Waals surface area contributed by atoms with Crippen LogP contribution in [0.1, 0.15) is 59.2 Å². The summed E-state index contributed by atoms with van der Waals surface area (Å²) in [5.74, 6) is -0.209. The van der Waals surface area contributed by atoms with E-state index in [9.17, 15) is 14.4 Å². The number of hydrogen-bond acceptors (Lipinski definition) is 3. The molecule has 110 valence electrons. The van der Waals surface area contributed by atoms with Crippen LogP contribution in [0.15, 0.2) is 24.3 Å². The van der Waals surface area contributed by atoms with Crippen LogP contribution in [-0.4, -0.2) is 29.0 Å². The summed E-state index contributed by atoms with van der Waals surface area (Å²) in [4.78, 5) is 37.8. The molecule has 1 aromatic rings. The predicted octanol–water partition coefficient (Wildman–Crippen LogP) is 2.82. The number of Topliss-reactive ketones (excluding diaryl/α,β-unsaturated/α-hetero) is 1. The molecular formula is C17H19NO3. The van der Waals surface area contributed by atoms with Gasteiger partial charge in [-0.25, -0.2) is 0 Å². The fraction of sp³-hybridized carbons (Fsp3) is 0.471. The Hall–Kier alpha value is -1.97. The number of ketones is 1. The number of rotatable bonds is 4. The Labute approximate surface area is 124 Å². The molecule has 0 radical (unpaired) electrons. The van der Waals surface area contributed by atoms with Crippen LogP contribution in [0, 0.1) is 5.92 Å². The van der Waals surface area contributed by atoms with Crippen molar-refractivity contribution in [2.24, 2.45) is 5.92 Å². The van der Waals surface area contributed by atoms with Crippen LogP contribution in [0.3, 0.4) is 0 Å². The second kappa shape index (κ2) is 5.80. The highest BCUT2D eigenvalue weighted by atomic mass is 16.2. The van der Waals surface area contributed by atoms with Crippen LogP contribution in [-0.2, 0) is 4.79 Å². The molecule has 0 saturated heterocycles. The van der Waals surface area contributed by atoms with Gasteiger partial charge >= 0.3 is 0 Å². The van der Waals surface area contributed by atoms with Crippen LogP contribution in [0.4, 0.5) is 0 Å². The van der Waals surface area contributed by atoms with E-state index < -0.39 is 0 Å². The van der Waals surface area contributed by atoms with Gasteiger partial charge in [0.1, 0.15) is 5.78 Å². The van der Waals surface area contributed by atoms with Gasteiger partial charge in [0.2, 0.25) is 0 Å². The van der Waals surface area contributed by atoms with Crippen molar-refractivity contribution < 1.29 is 14.4 Å². The lowest BCUT2D eigenvalue weighted by atomic mass is 9.85. The molecule has 1 saturated carbocycles. The van der Waals surface area contributed by atoms with E-state index in [1.807, 2.05) is 0 Å². The third kappa shape index (κ3) is 2.62. The summed E-state index contributed by atoms with van der Waals surface area (Å²) in [5.41, 5.74) is 0.903. The summed E-state index contributed by atoms with van der Waals surface area (Å²) in [6.07, 6.45) is 5.65. The number of benzene rings is 1. The van der Waals surface area contributed by atoms with Crippen LogP contribution >= 0.6 is 0 Å². The number of carbonyl (C=O) groups excluding carboxylic acids is 3. The molecule has 0 aromatic heterocycles. The molecule has 21 heavy (non-hydrogen) atoms. The van der Waals surface area contributed by atoms with E-state index in [4.69, 9.17) is 0 Å². The minimum Gasteiger partial charge on any atom is -0.299 e. The summed E-state index contributed by atoms with van der Waals surface area (Å²) in [5, 5.41) is 0. The van der Waals surface area contributed by atoms with E-state index in [0.717, 1.165) is 25.7 Å². The van der Waals surface area contributed by atoms with E-state index in [1.54, 1.807) is 24.3 Å². The second-order valence-electron chi connectivity index (χ2n) is 5.86. The van der Waals surface area contributed by atoms with Crippen molar-refractivity contribution in [1.29, 1.82) is 0 Å². The zero-order valence-corrected chi connectivity index (χ0v) is 12.0. The second-order valence-corrected chi connectivity index (χ2v) is 5.86. The van der Waals surface area contributed by atoms with Crippen LogP contribution in [0.5, 0.6) is 0 Å². The number of nitrogens with zero attached hydrogens (tertiary/aromatic N) is 1. The number of amides is 2. The van der Waals surface area contributed by atoms with Crippen molar-refractivity contribution in [2.75, 3.05) is 6.54 Å². The molecule has 1 aromatic carbocycles. The topological polar surface area (TPSA) is 54.5 Å². The molecule has 4 nitrogen and oxygen atoms in total. The van der Waals surface area contributed by atoms with Gasteiger partial charge in [-0.3, -0.25) is 19.3 Å². The molecule has 0 N–H and O–H groups in total. The highest BCUT2D eigenvalue weighted by Gasteiger charge is 2.35. The molecule has 3 rings (SSSR count). The summed E-state index contributed by atoms with van der Waals surface area (Å²) in [7, 11) is 0. The van der Waals surface area contributed by atoms with Gasteiger partial charge in [0, 0.05) is 18.9 Å². The Morgan fingerprint density at radius 2 is 1.57 bits per heavy atom. The van der Waals surface area contributed by atoms with Gasteiger partial charge in [-0.2, -0.15) is 0 Å². The number of fused-ring (bicyclic) bond motifs is 1. The molecule has 2 aliphatic rings. The van der Waals surface area contributed by atoms with E-state index >= 15 is 0 Å². The van der Waals surface area contributed by atoms with Gasteiger partial charge in [-0.1, -0.05) is 31.4 Å². The Morgan fingerprint density at radius 1 is 1.00 bits per heavy atom. The summed E-state index contributed by atoms with van der Waals surface area (Å²) >= 11 is 0. The first-order valence-corrected chi connectivity index (χ1v) is 7.66. The Kier molecular flexibility index (Phi) is 3.86. The van der Waals surface area contributed by atoms with Crippen molar-refractivity contribution in [2.45, 2.75) is 38.5 Å². The van der Waals surface area contributed by atoms with Gasteiger partial charge in [-0.05, 0) is 25.0 Å². The van der Waals surface area contributed by atoms with E-state index in [1.165, 1.54) is 11.3 Å². The quantitative estimate of drug-likeness (QED) is 0.799. The van der Waals surface area contributed by atoms with E-state index in [-0.39, 0.29) is 36.5 Å². The molecule has 1 heterocycles. The Bertz CT molecular complexity index is 552. The Balaban J connectivity index is 1.63. The van der Waals surface area contributed by atoms with E-state index in [2.05, 4.69) is 0 Å². The maximum Gasteiger partial charge on any atom is 0.261 e. The van der Waals surface area contributed by atoms with Crippen molar-refractivity contribution in [3.63, 3.8) is 0 Å². The highest BCUT2D eigenvalue weighted by Crippen LogP contribution is 2.26. The minimum absolute atomic E-state index is 0.133. The maximum absolute atomic E-state index is 12.2. The van der Waals surface area contributed by atoms with Crippen molar-refractivity contribution in [1.82, 2.24) is 4.90 Å². The molecule has 0 bridgehead atoms. The number of hydrogen-bond donors (Lipinski definition) is 0. The largest absolute Gasteiger partial charge is 0.299 e. The summed E-state index contributed by atoms with van der Waals surface area (Å²) in [6, 6.07) is 6.83. The average Bonchev–Trinajstić information content (AvgIpc) is 2.78. The van der Waals surface area contributed by atoms with Gasteiger partial charge in [-0.15, -0.1) is 0 Å². The molecule has 0 unspecified atom stereocenters. The first-order valence-electron chi connectivity index (χ1n) is 7.66. The molecule has 1 fully saturated rings. The predicted molar refractivity (Wildman–Crippen MR) is 78.0 cm³/mol. The van der Waals surface area contributed by atoms with Crippen molar-refractivity contribution >= 4 is 17.6 Å². The third-order valence-electron chi connectivity index (χ3n) is 4.52. The van der Waals surface area contributed by atoms with Crippen molar-refractivity contribution in [3.05, 3.63) is 35.4 Å². The lowest BCUT2D eigenvalue weighted by molar-refractivity contribution is -0.123. The summed E-state index contributed by atoms with van der Waals surface area (Å²) < 4.78 is 0. The molecule has 1 aliphatic heterocycles. The average molecular weight is 285 g/mol. The fourth-order valence-electron chi connectivity index (χ4n) is 3.29. The normalized spacial score (nSPS) is 19.0. The molecule has 0 spiro atoms. The van der Waals surface area contributed by atoms with Gasteiger partial charge in [0.15, 0.2) is 0 Å². The third-order valence-corrected chi connectivity index (χ3v) is 4.52. The minimum atomic E-state index is -0.271. The molecule has 1 aliphatic carbocycles. The number of imide groups is 1. The zero-order chi connectivity index (χ0) is 14.8. The highest BCUT2D eigenvalue weighted by molar-refractivity contribution is 6.21. The lowest BCUT2D eigenvalue weighted by Gasteiger charge is -2.21. The molecule has 2 amide bonds. The first-order chi connectivity index (χ1) is 10.2. The van der Waals surface area contributed by atoms with Gasteiger partial charge in [0.05, 0.1) is 11.1 Å². The summed E-state index contributed by atoms with van der Waals surface area (Å²) in [6.45, 7) is 0.210. The van der Waals surface area contributed by atoms with Gasteiger partial charge < -0.3 is 0 Å². The monoisotopic (exact) mass is 285 g/mol. The maximum atomic E-state index is 12.2. The lowest BCUT2D eigenvalue weighted by Crippen LogP contribution is -2.33. The SMILES string of the molecule is O=C(CCN1C(=O)c2ccccc2C1=O)C1CCCCC1. The van der Waals surface area contributed by atoms with Crippen LogP contribution < -0.4 is 0 Å². The molecular weight excluding hydrogens is 266 g/mol. The fourth-order valence-corrected chi connectivity index (χ4v) is 3.29. The van der Waals surface area contributed by atoms with Gasteiger partial charge in [0.25, 0.3) is 11.8 Å².